The van der Waals surface area contributed by atoms with Crippen LogP contribution in [0.3, 0.4) is 0 Å². The normalized spacial score (nSPS) is 37.1. The summed E-state index contributed by atoms with van der Waals surface area (Å²) in [6.45, 7) is 12.1. The van der Waals surface area contributed by atoms with Crippen LogP contribution in [-0.4, -0.2) is 25.2 Å². The molecule has 0 aliphatic heterocycles. The van der Waals surface area contributed by atoms with E-state index in [0.717, 1.165) is 31.3 Å². The molecule has 4 heteroatoms. The molecule has 2 aliphatic rings. The second kappa shape index (κ2) is 5.71. The standard InChI is InChI=1S/C18H28O4/c1-11-7-8-13-17(3,4)14(22-12(2)19)9-10-18(13,5)15(11)16(20)21-6/h13-15H,1,7-10H2,2-6H3/t13-,14-,15+,18-/m0/s1. The first-order chi connectivity index (χ1) is 10.1. The maximum atomic E-state index is 12.3. The van der Waals surface area contributed by atoms with Gasteiger partial charge in [0.1, 0.15) is 6.10 Å². The van der Waals surface area contributed by atoms with E-state index in [-0.39, 0.29) is 34.8 Å². The van der Waals surface area contributed by atoms with Crippen LogP contribution in [0, 0.1) is 22.7 Å². The highest BCUT2D eigenvalue weighted by atomic mass is 16.5. The Kier molecular flexibility index (Phi) is 4.42. The van der Waals surface area contributed by atoms with Crippen LogP contribution in [-0.2, 0) is 19.1 Å². The van der Waals surface area contributed by atoms with Gasteiger partial charge in [-0.3, -0.25) is 9.59 Å². The smallest absolute Gasteiger partial charge is 0.313 e. The van der Waals surface area contributed by atoms with Crippen LogP contribution in [0.4, 0.5) is 0 Å². The average Bonchev–Trinajstić information content (AvgIpc) is 2.41. The van der Waals surface area contributed by atoms with Gasteiger partial charge in [-0.2, -0.15) is 0 Å². The van der Waals surface area contributed by atoms with Crippen molar-refractivity contribution in [3.05, 3.63) is 12.2 Å². The molecule has 0 saturated heterocycles. The highest BCUT2D eigenvalue weighted by Gasteiger charge is 2.59. The number of carbonyl (C=O) groups excluding carboxylic acids is 2. The molecule has 0 aromatic carbocycles. The Hall–Kier alpha value is -1.32. The summed E-state index contributed by atoms with van der Waals surface area (Å²) in [5, 5.41) is 0. The fourth-order valence-corrected chi connectivity index (χ4v) is 5.02. The summed E-state index contributed by atoms with van der Waals surface area (Å²) >= 11 is 0. The van der Waals surface area contributed by atoms with Crippen molar-refractivity contribution < 1.29 is 19.1 Å². The Morgan fingerprint density at radius 1 is 1.23 bits per heavy atom. The molecule has 0 aromatic rings. The summed E-state index contributed by atoms with van der Waals surface area (Å²) < 4.78 is 10.6. The molecule has 2 fully saturated rings. The number of esters is 2. The van der Waals surface area contributed by atoms with Gasteiger partial charge in [0, 0.05) is 12.3 Å². The van der Waals surface area contributed by atoms with Crippen LogP contribution >= 0.6 is 0 Å². The molecule has 0 bridgehead atoms. The molecular formula is C18H28O4. The van der Waals surface area contributed by atoms with Crippen LogP contribution in [0.1, 0.15) is 53.4 Å². The predicted molar refractivity (Wildman–Crippen MR) is 84.0 cm³/mol. The molecule has 2 saturated carbocycles. The molecule has 0 spiro atoms. The summed E-state index contributed by atoms with van der Waals surface area (Å²) in [5.41, 5.74) is 0.640. The topological polar surface area (TPSA) is 52.6 Å². The van der Waals surface area contributed by atoms with Crippen molar-refractivity contribution in [3.63, 3.8) is 0 Å². The fraction of sp³-hybridized carbons (Fsp3) is 0.778. The molecule has 2 aliphatic carbocycles. The molecule has 4 atom stereocenters. The van der Waals surface area contributed by atoms with Crippen LogP contribution in [0.5, 0.6) is 0 Å². The Balaban J connectivity index is 2.37. The zero-order valence-corrected chi connectivity index (χ0v) is 14.4. The summed E-state index contributed by atoms with van der Waals surface area (Å²) in [4.78, 5) is 23.7. The third kappa shape index (κ3) is 2.57. The molecule has 0 N–H and O–H groups in total. The fourth-order valence-electron chi connectivity index (χ4n) is 5.02. The number of hydrogen-bond donors (Lipinski definition) is 0. The Morgan fingerprint density at radius 2 is 1.86 bits per heavy atom. The van der Waals surface area contributed by atoms with Gasteiger partial charge < -0.3 is 9.47 Å². The summed E-state index contributed by atoms with van der Waals surface area (Å²) in [7, 11) is 1.44. The highest BCUT2D eigenvalue weighted by Crippen LogP contribution is 2.61. The number of hydrogen-bond acceptors (Lipinski definition) is 4. The summed E-state index contributed by atoms with van der Waals surface area (Å²) in [6, 6.07) is 0. The lowest BCUT2D eigenvalue weighted by molar-refractivity contribution is -0.181. The maximum Gasteiger partial charge on any atom is 0.313 e. The molecule has 0 aromatic heterocycles. The first-order valence-corrected chi connectivity index (χ1v) is 8.07. The molecule has 0 unspecified atom stereocenters. The lowest BCUT2D eigenvalue weighted by Crippen LogP contribution is -2.57. The summed E-state index contributed by atoms with van der Waals surface area (Å²) in [6.07, 6.45) is 3.34. The minimum atomic E-state index is -0.256. The molecule has 0 heterocycles. The molecule has 4 nitrogen and oxygen atoms in total. The molecule has 0 radical (unpaired) electrons. The van der Waals surface area contributed by atoms with E-state index >= 15 is 0 Å². The second-order valence-corrected chi connectivity index (χ2v) is 7.67. The van der Waals surface area contributed by atoms with Gasteiger partial charge in [-0.05, 0) is 37.0 Å². The minimum Gasteiger partial charge on any atom is -0.469 e. The van der Waals surface area contributed by atoms with E-state index in [1.165, 1.54) is 14.0 Å². The largest absolute Gasteiger partial charge is 0.469 e. The monoisotopic (exact) mass is 308 g/mol. The third-order valence-electron chi connectivity index (χ3n) is 6.04. The van der Waals surface area contributed by atoms with Crippen LogP contribution in [0.25, 0.3) is 0 Å². The first-order valence-electron chi connectivity index (χ1n) is 8.07. The van der Waals surface area contributed by atoms with E-state index in [0.29, 0.717) is 5.92 Å². The van der Waals surface area contributed by atoms with Crippen molar-refractivity contribution in [2.45, 2.75) is 59.5 Å². The summed E-state index contributed by atoms with van der Waals surface area (Å²) in [5.74, 6) is -0.369. The zero-order valence-electron chi connectivity index (χ0n) is 14.4. The number of carbonyl (C=O) groups is 2. The van der Waals surface area contributed by atoms with Gasteiger partial charge in [0.25, 0.3) is 0 Å². The SMILES string of the molecule is C=C1CC[C@H]2C(C)(C)[C@@H](OC(C)=O)CC[C@]2(C)[C@H]1C(=O)OC. The third-order valence-corrected chi connectivity index (χ3v) is 6.04. The number of methoxy groups -OCH3 is 1. The average molecular weight is 308 g/mol. The highest BCUT2D eigenvalue weighted by molar-refractivity contribution is 5.77. The Bertz CT molecular complexity index is 485. The van der Waals surface area contributed by atoms with Gasteiger partial charge in [-0.25, -0.2) is 0 Å². The van der Waals surface area contributed by atoms with Crippen molar-refractivity contribution in [3.8, 4) is 0 Å². The van der Waals surface area contributed by atoms with E-state index in [1.54, 1.807) is 0 Å². The van der Waals surface area contributed by atoms with Crippen molar-refractivity contribution in [1.29, 1.82) is 0 Å². The molecule has 124 valence electrons. The van der Waals surface area contributed by atoms with E-state index < -0.39 is 0 Å². The van der Waals surface area contributed by atoms with Crippen molar-refractivity contribution in [2.24, 2.45) is 22.7 Å². The zero-order chi connectivity index (χ0) is 16.7. The number of fused-ring (bicyclic) bond motifs is 1. The van der Waals surface area contributed by atoms with Gasteiger partial charge in [0.2, 0.25) is 0 Å². The van der Waals surface area contributed by atoms with Gasteiger partial charge in [0.05, 0.1) is 13.0 Å². The molecular weight excluding hydrogens is 280 g/mol. The lowest BCUT2D eigenvalue weighted by Gasteiger charge is -2.58. The lowest BCUT2D eigenvalue weighted by atomic mass is 9.47. The van der Waals surface area contributed by atoms with E-state index in [2.05, 4.69) is 27.4 Å². The number of rotatable bonds is 2. The predicted octanol–water partition coefficient (Wildman–Crippen LogP) is 3.50. The Morgan fingerprint density at radius 3 is 2.41 bits per heavy atom. The van der Waals surface area contributed by atoms with Gasteiger partial charge in [0.15, 0.2) is 0 Å². The van der Waals surface area contributed by atoms with Crippen molar-refractivity contribution >= 4 is 11.9 Å². The number of ether oxygens (including phenoxy) is 2. The van der Waals surface area contributed by atoms with E-state index in [9.17, 15) is 9.59 Å². The van der Waals surface area contributed by atoms with Crippen LogP contribution < -0.4 is 0 Å². The molecule has 0 amide bonds. The van der Waals surface area contributed by atoms with Gasteiger partial charge in [-0.1, -0.05) is 32.9 Å². The van der Waals surface area contributed by atoms with E-state index in [1.807, 2.05) is 0 Å². The quantitative estimate of drug-likeness (QED) is 0.579. The maximum absolute atomic E-state index is 12.3. The van der Waals surface area contributed by atoms with Gasteiger partial charge >= 0.3 is 11.9 Å². The minimum absolute atomic E-state index is 0.0901. The van der Waals surface area contributed by atoms with Crippen LogP contribution in [0.2, 0.25) is 0 Å². The van der Waals surface area contributed by atoms with Crippen molar-refractivity contribution in [1.82, 2.24) is 0 Å². The molecule has 22 heavy (non-hydrogen) atoms. The second-order valence-electron chi connectivity index (χ2n) is 7.67. The first kappa shape index (κ1) is 17.0. The van der Waals surface area contributed by atoms with Gasteiger partial charge in [-0.15, -0.1) is 0 Å². The Labute approximate surface area is 133 Å². The molecule has 2 rings (SSSR count). The van der Waals surface area contributed by atoms with Crippen LogP contribution in [0.15, 0.2) is 12.2 Å². The van der Waals surface area contributed by atoms with E-state index in [4.69, 9.17) is 9.47 Å². The van der Waals surface area contributed by atoms with Crippen molar-refractivity contribution in [2.75, 3.05) is 7.11 Å².